The molecule has 10 heteroatoms. The number of rotatable bonds is 9. The maximum absolute atomic E-state index is 9.71. The molecule has 5 aromatic rings. The Morgan fingerprint density at radius 3 is 2.62 bits per heavy atom. The smallest absolute Gasteiger partial charge is 0.213 e. The van der Waals surface area contributed by atoms with E-state index >= 15 is 0 Å². The van der Waals surface area contributed by atoms with Crippen LogP contribution in [0.3, 0.4) is 0 Å². The number of ether oxygens (including phenoxy) is 2. The van der Waals surface area contributed by atoms with Gasteiger partial charge in [-0.15, -0.1) is 0 Å². The molecular weight excluding hydrogens is 534 g/mol. The zero-order valence-electron chi connectivity index (χ0n) is 23.6. The molecule has 2 fully saturated rings. The minimum Gasteiger partial charge on any atom is -0.473 e. The Kier molecular flexibility index (Phi) is 7.37. The van der Waals surface area contributed by atoms with Crippen molar-refractivity contribution in [3.63, 3.8) is 0 Å². The van der Waals surface area contributed by atoms with Gasteiger partial charge < -0.3 is 28.7 Å². The molecule has 10 nitrogen and oxygen atoms in total. The molecule has 0 amide bonds. The van der Waals surface area contributed by atoms with Gasteiger partial charge in [0.2, 0.25) is 5.88 Å². The molecule has 0 bridgehead atoms. The van der Waals surface area contributed by atoms with E-state index in [1.54, 1.807) is 6.07 Å². The molecule has 0 aliphatic carbocycles. The van der Waals surface area contributed by atoms with Gasteiger partial charge in [0, 0.05) is 36.8 Å². The number of imidazole rings is 1. The number of pyridine rings is 1. The first kappa shape index (κ1) is 27.0. The van der Waals surface area contributed by atoms with Gasteiger partial charge in [-0.1, -0.05) is 18.2 Å². The van der Waals surface area contributed by atoms with Gasteiger partial charge in [-0.25, -0.2) is 15.0 Å². The number of benzene rings is 2. The molecule has 1 atom stereocenters. The average molecular weight is 570 g/mol. The van der Waals surface area contributed by atoms with Gasteiger partial charge in [0.15, 0.2) is 17.8 Å². The van der Waals surface area contributed by atoms with Crippen molar-refractivity contribution >= 4 is 22.1 Å². The predicted molar refractivity (Wildman–Crippen MR) is 156 cm³/mol. The van der Waals surface area contributed by atoms with Crippen LogP contribution in [0.25, 0.3) is 22.1 Å². The van der Waals surface area contributed by atoms with Gasteiger partial charge in [-0.3, -0.25) is 4.90 Å². The number of hydrogen-bond donors (Lipinski definition) is 2. The third kappa shape index (κ3) is 5.63. The molecule has 0 unspecified atom stereocenters. The highest BCUT2D eigenvalue weighted by atomic mass is 16.5. The highest BCUT2D eigenvalue weighted by molar-refractivity contribution is 5.77. The number of aromatic nitrogens is 4. The van der Waals surface area contributed by atoms with Crippen molar-refractivity contribution in [1.29, 1.82) is 0 Å². The monoisotopic (exact) mass is 569 g/mol. The molecule has 2 saturated heterocycles. The number of hydrogen-bond acceptors (Lipinski definition) is 9. The lowest BCUT2D eigenvalue weighted by Crippen LogP contribution is -2.35. The maximum atomic E-state index is 9.71. The molecule has 0 radical (unpaired) electrons. The molecule has 2 aromatic carbocycles. The Hall–Kier alpha value is -3.83. The lowest BCUT2D eigenvalue weighted by molar-refractivity contribution is -0.0592. The number of aliphatic hydroxyl groups is 2. The normalized spacial score (nSPS) is 18.2. The van der Waals surface area contributed by atoms with Gasteiger partial charge >= 0.3 is 0 Å². The van der Waals surface area contributed by atoms with Gasteiger partial charge in [0.25, 0.3) is 0 Å². The number of aryl methyl sites for hydroxylation is 1. The van der Waals surface area contributed by atoms with Crippen molar-refractivity contribution in [2.45, 2.75) is 64.2 Å². The van der Waals surface area contributed by atoms with E-state index in [-0.39, 0.29) is 6.10 Å². The largest absolute Gasteiger partial charge is 0.473 e. The van der Waals surface area contributed by atoms with Crippen LogP contribution in [0.4, 0.5) is 0 Å². The number of oxazole rings is 1. The van der Waals surface area contributed by atoms with E-state index in [9.17, 15) is 10.2 Å². The van der Waals surface area contributed by atoms with Crippen molar-refractivity contribution in [3.05, 3.63) is 83.1 Å². The predicted octanol–water partition coefficient (Wildman–Crippen LogP) is 4.61. The number of nitrogens with zero attached hydrogens (tertiary/aromatic N) is 5. The van der Waals surface area contributed by atoms with Gasteiger partial charge in [-0.2, -0.15) is 0 Å². The van der Waals surface area contributed by atoms with E-state index in [4.69, 9.17) is 23.9 Å². The summed E-state index contributed by atoms with van der Waals surface area (Å²) >= 11 is 0. The number of likely N-dealkylation sites (tertiary alicyclic amines) is 1. The minimum absolute atomic E-state index is 0.171. The molecule has 3 aromatic heterocycles. The second kappa shape index (κ2) is 11.4. The maximum Gasteiger partial charge on any atom is 0.213 e. The van der Waals surface area contributed by atoms with E-state index in [0.29, 0.717) is 29.9 Å². The average Bonchev–Trinajstić information content (AvgIpc) is 3.52. The van der Waals surface area contributed by atoms with Crippen molar-refractivity contribution in [2.75, 3.05) is 19.7 Å². The molecule has 0 spiro atoms. The zero-order valence-corrected chi connectivity index (χ0v) is 23.6. The fraction of sp³-hybridized carbons (Fsp3) is 0.406. The van der Waals surface area contributed by atoms with E-state index in [1.165, 1.54) is 0 Å². The zero-order chi connectivity index (χ0) is 28.6. The van der Waals surface area contributed by atoms with E-state index in [0.717, 1.165) is 91.3 Å². The fourth-order valence-electron chi connectivity index (χ4n) is 5.97. The minimum atomic E-state index is -1.51. The van der Waals surface area contributed by atoms with Crippen LogP contribution < -0.4 is 4.74 Å². The molecule has 2 N–H and O–H groups in total. The Bertz CT molecular complexity index is 1700. The summed E-state index contributed by atoms with van der Waals surface area (Å²) in [6.07, 6.45) is 1.70. The van der Waals surface area contributed by atoms with Crippen LogP contribution in [0, 0.1) is 6.92 Å². The Morgan fingerprint density at radius 1 is 0.976 bits per heavy atom. The summed E-state index contributed by atoms with van der Waals surface area (Å²) in [6, 6.07) is 17.4. The van der Waals surface area contributed by atoms with E-state index in [1.807, 2.05) is 49.4 Å². The van der Waals surface area contributed by atoms with E-state index < -0.39 is 6.29 Å². The summed E-state index contributed by atoms with van der Waals surface area (Å²) in [4.78, 5) is 16.6. The molecule has 218 valence electrons. The molecular formula is C32H35N5O5. The molecule has 0 saturated carbocycles. The SMILES string of the molecule is Cc1nc2cc(COc3cccc(C4CCN(Cc5nc6ccc(C(O)O)cc6n5C[C@@H]5CCO5)CC4)n3)ccc2o1. The summed E-state index contributed by atoms with van der Waals surface area (Å²) in [6.45, 7) is 6.39. The standard InChI is InChI=1S/C32H35N5O5/c1-20-33-27-15-21(5-8-29(27)42-20)19-41-31-4-2-3-25(35-31)22-9-12-36(13-10-22)18-30-34-26-7-6-23(32(38)39)16-28(26)37(30)17-24-11-14-40-24/h2-8,15-16,22,24,32,38-39H,9-14,17-19H2,1H3/t24-/m0/s1. The number of aliphatic hydroxyl groups excluding tert-OH is 1. The summed E-state index contributed by atoms with van der Waals surface area (Å²) < 4.78 is 19.5. The summed E-state index contributed by atoms with van der Waals surface area (Å²) in [5.41, 5.74) is 5.95. The van der Waals surface area contributed by atoms with Crippen LogP contribution in [0.5, 0.6) is 5.88 Å². The molecule has 7 rings (SSSR count). The van der Waals surface area contributed by atoms with E-state index in [2.05, 4.69) is 20.5 Å². The Labute approximate surface area is 243 Å². The van der Waals surface area contributed by atoms with Crippen molar-refractivity contribution < 1.29 is 24.1 Å². The first-order chi connectivity index (χ1) is 20.5. The second-order valence-corrected chi connectivity index (χ2v) is 11.3. The summed E-state index contributed by atoms with van der Waals surface area (Å²) in [5.74, 6) is 2.64. The van der Waals surface area contributed by atoms with Gasteiger partial charge in [0.1, 0.15) is 17.9 Å². The molecule has 42 heavy (non-hydrogen) atoms. The van der Waals surface area contributed by atoms with Crippen LogP contribution in [-0.4, -0.2) is 60.4 Å². The highest BCUT2D eigenvalue weighted by Crippen LogP contribution is 2.30. The molecule has 5 heterocycles. The first-order valence-electron chi connectivity index (χ1n) is 14.6. The highest BCUT2D eigenvalue weighted by Gasteiger charge is 2.26. The summed E-state index contributed by atoms with van der Waals surface area (Å²) in [7, 11) is 0. The summed E-state index contributed by atoms with van der Waals surface area (Å²) in [5, 5.41) is 19.4. The van der Waals surface area contributed by atoms with Crippen molar-refractivity contribution in [3.8, 4) is 5.88 Å². The fourth-order valence-corrected chi connectivity index (χ4v) is 5.97. The van der Waals surface area contributed by atoms with Gasteiger partial charge in [0.05, 0.1) is 30.2 Å². The van der Waals surface area contributed by atoms with Crippen molar-refractivity contribution in [1.82, 2.24) is 24.4 Å². The van der Waals surface area contributed by atoms with Crippen LogP contribution in [0.15, 0.2) is 59.0 Å². The lowest BCUT2D eigenvalue weighted by atomic mass is 9.93. The van der Waals surface area contributed by atoms with Crippen LogP contribution >= 0.6 is 0 Å². The third-order valence-corrected chi connectivity index (χ3v) is 8.39. The number of piperidine rings is 1. The first-order valence-corrected chi connectivity index (χ1v) is 14.6. The third-order valence-electron chi connectivity index (χ3n) is 8.39. The van der Waals surface area contributed by atoms with Gasteiger partial charge in [-0.05, 0) is 68.2 Å². The lowest BCUT2D eigenvalue weighted by Gasteiger charge is -2.32. The van der Waals surface area contributed by atoms with Crippen LogP contribution in [0.2, 0.25) is 0 Å². The molecule has 2 aliphatic heterocycles. The Morgan fingerprint density at radius 2 is 1.83 bits per heavy atom. The topological polar surface area (TPSA) is 119 Å². The van der Waals surface area contributed by atoms with Crippen LogP contribution in [0.1, 0.15) is 60.0 Å². The molecule has 2 aliphatic rings. The Balaban J connectivity index is 0.997. The second-order valence-electron chi connectivity index (χ2n) is 11.3. The quantitative estimate of drug-likeness (QED) is 0.245. The van der Waals surface area contributed by atoms with Crippen molar-refractivity contribution in [2.24, 2.45) is 0 Å². The number of fused-ring (bicyclic) bond motifs is 2. The van der Waals surface area contributed by atoms with Crippen LogP contribution in [-0.2, 0) is 24.4 Å².